The van der Waals surface area contributed by atoms with E-state index >= 15 is 0 Å². The molecule has 0 saturated carbocycles. The molecular formula is C14H9KN6O3. The van der Waals surface area contributed by atoms with Crippen LogP contribution in [0.2, 0.25) is 0 Å². The van der Waals surface area contributed by atoms with Crippen LogP contribution in [0.15, 0.2) is 46.4 Å². The Morgan fingerprint density at radius 2 is 2.04 bits per heavy atom. The quantitative estimate of drug-likeness (QED) is 0.360. The van der Waals surface area contributed by atoms with E-state index in [1.54, 1.807) is 12.3 Å². The third-order valence-corrected chi connectivity index (χ3v) is 4.91. The van der Waals surface area contributed by atoms with Gasteiger partial charge in [0.1, 0.15) is 0 Å². The molecule has 1 atom stereocenters. The number of benzene rings is 1. The summed E-state index contributed by atoms with van der Waals surface area (Å²) in [5.74, 6) is 0.468. The number of aliphatic imine (C=N–C) groups is 1. The first-order valence-electron chi connectivity index (χ1n) is 7.01. The first kappa shape index (κ1) is 16.8. The molecule has 0 aliphatic carbocycles. The van der Waals surface area contributed by atoms with Gasteiger partial charge in [-0.1, -0.05) is 0 Å². The number of pyridine rings is 1. The number of anilines is 2. The van der Waals surface area contributed by atoms with Gasteiger partial charge in [-0.25, -0.2) is 0 Å². The second-order valence-corrected chi connectivity index (χ2v) is 6.98. The van der Waals surface area contributed by atoms with E-state index in [2.05, 4.69) is 15.6 Å². The molecule has 114 valence electrons. The van der Waals surface area contributed by atoms with Gasteiger partial charge in [0.2, 0.25) is 0 Å². The first-order valence-corrected chi connectivity index (χ1v) is 8.81. The van der Waals surface area contributed by atoms with Crippen LogP contribution in [-0.4, -0.2) is 64.4 Å². The molecule has 0 fully saturated rings. The van der Waals surface area contributed by atoms with Crippen LogP contribution in [0.1, 0.15) is 0 Å². The van der Waals surface area contributed by atoms with Crippen LogP contribution in [0.5, 0.6) is 0 Å². The maximum absolute atomic E-state index is 11.4. The monoisotopic (exact) mass is 348 g/mol. The number of hydrogen-bond donors (Lipinski definition) is 2. The zero-order chi connectivity index (χ0) is 17.3. The summed E-state index contributed by atoms with van der Waals surface area (Å²) in [5.41, 5.74) is 1.21. The maximum atomic E-state index is 11.4. The zero-order valence-electron chi connectivity index (χ0n) is 12.6. The second-order valence-electron chi connectivity index (χ2n) is 5.17. The minimum atomic E-state index is -0.494. The normalized spacial score (nSPS) is 17.4. The molecule has 0 radical (unpaired) electrons. The SMILES string of the molecule is N#CN=C1Nc2cc([N+](=O)[O-])c(-n3ccc(=O)cc3)cc2N[CH]1[K]. The number of nitrogens with one attached hydrogen (secondary N) is 2. The van der Waals surface area contributed by atoms with E-state index in [0.29, 0.717) is 71.9 Å². The summed E-state index contributed by atoms with van der Waals surface area (Å²) in [4.78, 5) is 25.9. The summed E-state index contributed by atoms with van der Waals surface area (Å²) >= 11 is 0.298. The Hall–Kier alpha value is -2.03. The molecule has 0 bridgehead atoms. The predicted octanol–water partition coefficient (Wildman–Crippen LogP) is 0.957. The van der Waals surface area contributed by atoms with E-state index in [9.17, 15) is 14.9 Å². The number of aromatic nitrogens is 1. The van der Waals surface area contributed by atoms with Crippen molar-refractivity contribution in [2.45, 2.75) is 0.136 Å². The molecule has 1 aromatic carbocycles. The van der Waals surface area contributed by atoms with Crippen molar-refractivity contribution in [2.75, 3.05) is 10.6 Å². The Bertz CT molecular complexity index is 941. The van der Waals surface area contributed by atoms with E-state index in [0.717, 1.165) is 0 Å². The summed E-state index contributed by atoms with van der Waals surface area (Å²) in [6, 6.07) is 5.71. The van der Waals surface area contributed by atoms with Gasteiger partial charge in [0.25, 0.3) is 0 Å². The Kier molecular flexibility index (Phi) is 4.79. The third-order valence-electron chi connectivity index (χ3n) is 3.60. The average molecular weight is 348 g/mol. The zero-order valence-corrected chi connectivity index (χ0v) is 15.7. The second kappa shape index (κ2) is 6.84. The van der Waals surface area contributed by atoms with Crippen molar-refractivity contribution in [3.05, 3.63) is 57.0 Å². The molecular weight excluding hydrogens is 339 g/mol. The van der Waals surface area contributed by atoms with Gasteiger partial charge in [0.05, 0.1) is 0 Å². The van der Waals surface area contributed by atoms with Gasteiger partial charge < -0.3 is 0 Å². The van der Waals surface area contributed by atoms with Crippen LogP contribution in [0, 0.1) is 21.6 Å². The molecule has 0 amide bonds. The van der Waals surface area contributed by atoms with Gasteiger partial charge >= 0.3 is 171 Å². The van der Waals surface area contributed by atoms with Crippen molar-refractivity contribution in [1.29, 1.82) is 5.26 Å². The van der Waals surface area contributed by atoms with E-state index in [-0.39, 0.29) is 11.3 Å². The molecule has 2 heterocycles. The topological polar surface area (TPSA) is 125 Å². The molecule has 1 aliphatic heterocycles. The van der Waals surface area contributed by atoms with Crippen molar-refractivity contribution >= 4 is 71.9 Å². The molecule has 10 heteroatoms. The molecule has 2 aromatic rings. The van der Waals surface area contributed by atoms with Gasteiger partial charge in [0, 0.05) is 0 Å². The Labute approximate surface area is 169 Å². The molecule has 1 unspecified atom stereocenters. The van der Waals surface area contributed by atoms with Gasteiger partial charge in [-0.05, 0) is 0 Å². The van der Waals surface area contributed by atoms with Crippen LogP contribution >= 0.6 is 0 Å². The third kappa shape index (κ3) is 3.26. The van der Waals surface area contributed by atoms with E-state index < -0.39 is 4.92 Å². The van der Waals surface area contributed by atoms with Crippen molar-refractivity contribution in [2.24, 2.45) is 4.99 Å². The van der Waals surface area contributed by atoms with Crippen LogP contribution in [0.4, 0.5) is 17.1 Å². The first-order chi connectivity index (χ1) is 11.5. The number of nitro groups is 1. The number of fused-ring (bicyclic) bond motifs is 1. The fourth-order valence-electron chi connectivity index (χ4n) is 2.45. The molecule has 1 aliphatic rings. The van der Waals surface area contributed by atoms with Crippen LogP contribution in [-0.2, 0) is 0 Å². The number of rotatable bonds is 2. The molecule has 2 N–H and O–H groups in total. The summed E-state index contributed by atoms with van der Waals surface area (Å²) < 4.78 is 1.46. The van der Waals surface area contributed by atoms with E-state index in [4.69, 9.17) is 5.26 Å². The van der Waals surface area contributed by atoms with E-state index in [1.165, 1.54) is 35.2 Å². The average Bonchev–Trinajstić information content (AvgIpc) is 2.55. The van der Waals surface area contributed by atoms with Crippen LogP contribution < -0.4 is 16.1 Å². The predicted molar refractivity (Wildman–Crippen MR) is 88.5 cm³/mol. The number of nitro benzene ring substituents is 1. The minimum absolute atomic E-state index is 0.0621. The fourth-order valence-corrected chi connectivity index (χ4v) is 3.37. The molecule has 9 nitrogen and oxygen atoms in total. The number of nitriles is 1. The number of amidine groups is 1. The molecule has 0 spiro atoms. The summed E-state index contributed by atoms with van der Waals surface area (Å²) in [5, 5.41) is 26.4. The van der Waals surface area contributed by atoms with Crippen molar-refractivity contribution in [3.63, 3.8) is 0 Å². The summed E-state index contributed by atoms with van der Waals surface area (Å²) in [7, 11) is 0. The van der Waals surface area contributed by atoms with Gasteiger partial charge in [0.15, 0.2) is 0 Å². The van der Waals surface area contributed by atoms with E-state index in [1.807, 2.05) is 0 Å². The summed E-state index contributed by atoms with van der Waals surface area (Å²) in [6.45, 7) is 0. The number of hydrogen-bond acceptors (Lipinski definition) is 6. The van der Waals surface area contributed by atoms with Gasteiger partial charge in [-0.3, -0.25) is 0 Å². The fraction of sp³-hybridized carbons (Fsp3) is 0.0714. The Morgan fingerprint density at radius 3 is 2.67 bits per heavy atom. The van der Waals surface area contributed by atoms with Crippen molar-refractivity contribution in [1.82, 2.24) is 4.57 Å². The molecule has 1 aromatic heterocycles. The Balaban J connectivity index is 2.16. The van der Waals surface area contributed by atoms with Crippen molar-refractivity contribution < 1.29 is 4.92 Å². The molecule has 24 heavy (non-hydrogen) atoms. The van der Waals surface area contributed by atoms with Crippen LogP contribution in [0.3, 0.4) is 0 Å². The van der Waals surface area contributed by atoms with Crippen LogP contribution in [0.25, 0.3) is 5.69 Å². The Morgan fingerprint density at radius 1 is 1.33 bits per heavy atom. The van der Waals surface area contributed by atoms with Gasteiger partial charge in [-0.15, -0.1) is 0 Å². The van der Waals surface area contributed by atoms with Gasteiger partial charge in [-0.2, -0.15) is 0 Å². The standard InChI is InChI=1S/C14H9N6O3.K/c15-8-17-14-7-16-10-5-12(19-3-1-9(21)2-4-19)13(20(22)23)6-11(10)18-14;/h1-7,16H,(H,17,18);. The molecule has 3 rings (SSSR count). The summed E-state index contributed by atoms with van der Waals surface area (Å²) in [6.07, 6.45) is 4.69. The number of nitrogens with zero attached hydrogens (tertiary/aromatic N) is 4. The molecule has 0 saturated heterocycles. The van der Waals surface area contributed by atoms with Crippen molar-refractivity contribution in [3.8, 4) is 11.9 Å².